The molecule has 2 aromatic carbocycles. The van der Waals surface area contributed by atoms with Crippen molar-refractivity contribution in [1.29, 1.82) is 0 Å². The number of hydrogen-bond donors (Lipinski definition) is 2. The van der Waals surface area contributed by atoms with Crippen molar-refractivity contribution in [3.8, 4) is 10.4 Å². The summed E-state index contributed by atoms with van der Waals surface area (Å²) in [6.07, 6.45) is 2.94. The quantitative estimate of drug-likeness (QED) is 0.679. The first-order chi connectivity index (χ1) is 11.8. The minimum absolute atomic E-state index is 0.0695. The number of hydrogen-bond acceptors (Lipinski definition) is 4. The number of thiazole rings is 1. The summed E-state index contributed by atoms with van der Waals surface area (Å²) in [4.78, 5) is 5.66. The summed E-state index contributed by atoms with van der Waals surface area (Å²) >= 11 is 1.68. The lowest BCUT2D eigenvalue weighted by atomic mass is 10.0. The summed E-state index contributed by atoms with van der Waals surface area (Å²) in [6, 6.07) is 18.6. The van der Waals surface area contributed by atoms with Crippen molar-refractivity contribution in [3.63, 3.8) is 0 Å². The predicted octanol–water partition coefficient (Wildman–Crippen LogP) is 4.20. The van der Waals surface area contributed by atoms with Gasteiger partial charge in [-0.3, -0.25) is 0 Å². The average molecular weight is 338 g/mol. The van der Waals surface area contributed by atoms with Gasteiger partial charge in [0.1, 0.15) is 5.01 Å². The highest BCUT2D eigenvalue weighted by molar-refractivity contribution is 7.15. The van der Waals surface area contributed by atoms with Gasteiger partial charge in [0.2, 0.25) is 0 Å². The van der Waals surface area contributed by atoms with Crippen LogP contribution in [0.2, 0.25) is 0 Å². The van der Waals surface area contributed by atoms with Crippen molar-refractivity contribution in [2.45, 2.75) is 25.9 Å². The Hall–Kier alpha value is -2.01. The Morgan fingerprint density at radius 3 is 2.50 bits per heavy atom. The van der Waals surface area contributed by atoms with Crippen molar-refractivity contribution in [3.05, 3.63) is 76.9 Å². The van der Waals surface area contributed by atoms with Gasteiger partial charge in [0, 0.05) is 12.7 Å². The molecule has 0 bridgehead atoms. The van der Waals surface area contributed by atoms with E-state index >= 15 is 0 Å². The number of aliphatic hydroxyl groups excluding tert-OH is 1. The first-order valence-corrected chi connectivity index (χ1v) is 9.05. The van der Waals surface area contributed by atoms with Crippen LogP contribution in [0.5, 0.6) is 0 Å². The van der Waals surface area contributed by atoms with Crippen LogP contribution in [-0.4, -0.2) is 16.7 Å². The van der Waals surface area contributed by atoms with Crippen LogP contribution in [0.15, 0.2) is 60.8 Å². The second-order valence-electron chi connectivity index (χ2n) is 5.70. The molecule has 3 nitrogen and oxygen atoms in total. The summed E-state index contributed by atoms with van der Waals surface area (Å²) in [6.45, 7) is 2.87. The van der Waals surface area contributed by atoms with Crippen molar-refractivity contribution in [2.75, 3.05) is 6.61 Å². The topological polar surface area (TPSA) is 45.1 Å². The van der Waals surface area contributed by atoms with Crippen LogP contribution >= 0.6 is 11.3 Å². The van der Waals surface area contributed by atoms with Crippen molar-refractivity contribution >= 4 is 11.3 Å². The van der Waals surface area contributed by atoms with E-state index in [1.807, 2.05) is 24.4 Å². The SMILES string of the molecule is CCc1ccc(C(CO)NCc2ncc(-c3ccccc3)s2)cc1. The van der Waals surface area contributed by atoms with Crippen LogP contribution in [-0.2, 0) is 13.0 Å². The molecule has 1 unspecified atom stereocenters. The molecule has 0 saturated heterocycles. The van der Waals surface area contributed by atoms with E-state index in [9.17, 15) is 5.11 Å². The van der Waals surface area contributed by atoms with E-state index in [1.54, 1.807) is 11.3 Å². The third-order valence-electron chi connectivity index (χ3n) is 4.08. The molecule has 124 valence electrons. The van der Waals surface area contributed by atoms with E-state index in [0.717, 1.165) is 17.0 Å². The summed E-state index contributed by atoms with van der Waals surface area (Å²) in [5.41, 5.74) is 3.60. The molecule has 0 radical (unpaired) electrons. The van der Waals surface area contributed by atoms with Crippen LogP contribution in [0.1, 0.15) is 29.1 Å². The maximum Gasteiger partial charge on any atom is 0.107 e. The molecule has 2 N–H and O–H groups in total. The fourth-order valence-corrected chi connectivity index (χ4v) is 3.49. The summed E-state index contributed by atoms with van der Waals surface area (Å²) in [7, 11) is 0. The van der Waals surface area contributed by atoms with Gasteiger partial charge in [0.25, 0.3) is 0 Å². The zero-order valence-electron chi connectivity index (χ0n) is 13.8. The molecule has 1 atom stereocenters. The Balaban J connectivity index is 1.64. The fourth-order valence-electron chi connectivity index (χ4n) is 2.61. The average Bonchev–Trinajstić information content (AvgIpc) is 3.12. The van der Waals surface area contributed by atoms with E-state index < -0.39 is 0 Å². The van der Waals surface area contributed by atoms with Gasteiger partial charge >= 0.3 is 0 Å². The third kappa shape index (κ3) is 4.09. The van der Waals surface area contributed by atoms with Gasteiger partial charge in [-0.1, -0.05) is 61.5 Å². The highest BCUT2D eigenvalue weighted by Gasteiger charge is 2.11. The van der Waals surface area contributed by atoms with Crippen LogP contribution in [0.25, 0.3) is 10.4 Å². The number of rotatable bonds is 7. The maximum atomic E-state index is 9.69. The monoisotopic (exact) mass is 338 g/mol. The molecular formula is C20H22N2OS. The number of aromatic nitrogens is 1. The molecule has 4 heteroatoms. The fraction of sp³-hybridized carbons (Fsp3) is 0.250. The standard InChI is InChI=1S/C20H22N2OS/c1-2-15-8-10-16(11-9-15)18(14-23)21-13-20-22-12-19(24-20)17-6-4-3-5-7-17/h3-12,18,21,23H,2,13-14H2,1H3. The lowest BCUT2D eigenvalue weighted by Gasteiger charge is -2.16. The van der Waals surface area contributed by atoms with Gasteiger partial charge in [0.05, 0.1) is 17.5 Å². The van der Waals surface area contributed by atoms with Gasteiger partial charge in [0.15, 0.2) is 0 Å². The van der Waals surface area contributed by atoms with Gasteiger partial charge in [-0.2, -0.15) is 0 Å². The van der Waals surface area contributed by atoms with E-state index in [4.69, 9.17) is 0 Å². The van der Waals surface area contributed by atoms with Crippen molar-refractivity contribution in [2.24, 2.45) is 0 Å². The van der Waals surface area contributed by atoms with Crippen LogP contribution in [0, 0.1) is 0 Å². The summed E-state index contributed by atoms with van der Waals surface area (Å²) < 4.78 is 0. The van der Waals surface area contributed by atoms with E-state index in [1.165, 1.54) is 16.0 Å². The van der Waals surface area contributed by atoms with E-state index in [0.29, 0.717) is 6.54 Å². The Labute approximate surface area is 147 Å². The van der Waals surface area contributed by atoms with Crippen molar-refractivity contribution in [1.82, 2.24) is 10.3 Å². The van der Waals surface area contributed by atoms with E-state index in [2.05, 4.69) is 53.6 Å². The zero-order valence-corrected chi connectivity index (χ0v) is 14.6. The number of aliphatic hydroxyl groups is 1. The normalized spacial score (nSPS) is 12.2. The Bertz CT molecular complexity index is 753. The van der Waals surface area contributed by atoms with Crippen LogP contribution < -0.4 is 5.32 Å². The smallest absolute Gasteiger partial charge is 0.107 e. The second kappa shape index (κ2) is 8.20. The number of nitrogens with one attached hydrogen (secondary N) is 1. The van der Waals surface area contributed by atoms with Gasteiger partial charge in [-0.25, -0.2) is 4.98 Å². The van der Waals surface area contributed by atoms with Gasteiger partial charge < -0.3 is 10.4 Å². The first-order valence-electron chi connectivity index (χ1n) is 8.23. The van der Waals surface area contributed by atoms with E-state index in [-0.39, 0.29) is 12.6 Å². The van der Waals surface area contributed by atoms with Crippen LogP contribution in [0.3, 0.4) is 0 Å². The zero-order chi connectivity index (χ0) is 16.8. The third-order valence-corrected chi connectivity index (χ3v) is 5.13. The van der Waals surface area contributed by atoms with Gasteiger partial charge in [-0.15, -0.1) is 11.3 Å². The van der Waals surface area contributed by atoms with Crippen LogP contribution in [0.4, 0.5) is 0 Å². The minimum atomic E-state index is -0.0695. The minimum Gasteiger partial charge on any atom is -0.394 e. The molecule has 0 aliphatic carbocycles. The molecule has 0 saturated carbocycles. The molecular weight excluding hydrogens is 316 g/mol. The molecule has 24 heavy (non-hydrogen) atoms. The molecule has 0 amide bonds. The lowest BCUT2D eigenvalue weighted by Crippen LogP contribution is -2.23. The highest BCUT2D eigenvalue weighted by atomic mass is 32.1. The highest BCUT2D eigenvalue weighted by Crippen LogP contribution is 2.26. The largest absolute Gasteiger partial charge is 0.394 e. The molecule has 0 spiro atoms. The number of aryl methyl sites for hydroxylation is 1. The predicted molar refractivity (Wildman–Crippen MR) is 100 cm³/mol. The molecule has 0 aliphatic rings. The molecule has 3 rings (SSSR count). The maximum absolute atomic E-state index is 9.69. The molecule has 0 fully saturated rings. The molecule has 3 aromatic rings. The summed E-state index contributed by atoms with van der Waals surface area (Å²) in [5.74, 6) is 0. The first kappa shape index (κ1) is 16.8. The lowest BCUT2D eigenvalue weighted by molar-refractivity contribution is 0.243. The Morgan fingerprint density at radius 2 is 1.83 bits per heavy atom. The summed E-state index contributed by atoms with van der Waals surface area (Å²) in [5, 5.41) is 14.1. The number of benzene rings is 2. The Kier molecular flexibility index (Phi) is 5.75. The molecule has 0 aliphatic heterocycles. The van der Waals surface area contributed by atoms with Gasteiger partial charge in [-0.05, 0) is 23.1 Å². The molecule has 1 heterocycles. The number of nitrogens with zero attached hydrogens (tertiary/aromatic N) is 1. The van der Waals surface area contributed by atoms with Crippen molar-refractivity contribution < 1.29 is 5.11 Å². The Morgan fingerprint density at radius 1 is 1.08 bits per heavy atom. The molecule has 1 aromatic heterocycles. The second-order valence-corrected chi connectivity index (χ2v) is 6.81.